The summed E-state index contributed by atoms with van der Waals surface area (Å²) in [4.78, 5) is 2.65. The first-order chi connectivity index (χ1) is 9.83. The second-order valence-corrected chi connectivity index (χ2v) is 5.92. The van der Waals surface area contributed by atoms with Crippen molar-refractivity contribution in [1.29, 1.82) is 0 Å². The van der Waals surface area contributed by atoms with E-state index in [1.807, 2.05) is 29.5 Å². The van der Waals surface area contributed by atoms with Crippen LogP contribution in [0.15, 0.2) is 65.3 Å². The van der Waals surface area contributed by atoms with Crippen molar-refractivity contribution in [2.24, 2.45) is 0 Å². The fourth-order valence-corrected chi connectivity index (χ4v) is 3.09. The summed E-state index contributed by atoms with van der Waals surface area (Å²) in [6.07, 6.45) is 1.71. The summed E-state index contributed by atoms with van der Waals surface area (Å²) in [5.41, 5.74) is 1.28. The molecular weight excluding hydrogens is 266 g/mol. The number of benzene rings is 1. The monoisotopic (exact) mass is 283 g/mol. The van der Waals surface area contributed by atoms with E-state index in [1.165, 1.54) is 15.3 Å². The van der Waals surface area contributed by atoms with Crippen LogP contribution in [0.5, 0.6) is 0 Å². The molecule has 0 aliphatic heterocycles. The third-order valence-corrected chi connectivity index (χ3v) is 4.41. The quantitative estimate of drug-likeness (QED) is 0.723. The number of hydrogen-bond acceptors (Lipinski definition) is 3. The average Bonchev–Trinajstić information content (AvgIpc) is 3.17. The lowest BCUT2D eigenvalue weighted by Crippen LogP contribution is -2.16. The van der Waals surface area contributed by atoms with E-state index < -0.39 is 0 Å². The zero-order valence-corrected chi connectivity index (χ0v) is 12.2. The molecule has 0 aliphatic rings. The van der Waals surface area contributed by atoms with Crippen LogP contribution in [0.4, 0.5) is 0 Å². The maximum atomic E-state index is 5.40. The molecule has 0 aliphatic carbocycles. The van der Waals surface area contributed by atoms with Crippen molar-refractivity contribution in [2.45, 2.75) is 19.5 Å². The Hall–Kier alpha value is -1.84. The van der Waals surface area contributed by atoms with Crippen molar-refractivity contribution in [3.63, 3.8) is 0 Å². The van der Waals surface area contributed by atoms with Gasteiger partial charge in [0.25, 0.3) is 0 Å². The minimum absolute atomic E-state index is 0.229. The second-order valence-electron chi connectivity index (χ2n) is 4.75. The van der Waals surface area contributed by atoms with Crippen LogP contribution >= 0.6 is 11.3 Å². The highest BCUT2D eigenvalue weighted by Gasteiger charge is 2.08. The van der Waals surface area contributed by atoms with Crippen LogP contribution in [-0.4, -0.2) is 0 Å². The highest BCUT2D eigenvalue weighted by Crippen LogP contribution is 2.28. The molecule has 1 atom stereocenters. The lowest BCUT2D eigenvalue weighted by molar-refractivity contribution is 0.431. The molecular formula is C17H17NOS. The topological polar surface area (TPSA) is 25.2 Å². The number of hydrogen-bond donors (Lipinski definition) is 1. The molecule has 1 unspecified atom stereocenters. The molecule has 0 saturated carbocycles. The molecule has 0 radical (unpaired) electrons. The Balaban J connectivity index is 1.63. The van der Waals surface area contributed by atoms with E-state index in [2.05, 4.69) is 48.6 Å². The van der Waals surface area contributed by atoms with Gasteiger partial charge in [0.05, 0.1) is 12.3 Å². The van der Waals surface area contributed by atoms with E-state index in [-0.39, 0.29) is 6.04 Å². The zero-order valence-electron chi connectivity index (χ0n) is 11.4. The van der Waals surface area contributed by atoms with Crippen LogP contribution in [0.3, 0.4) is 0 Å². The van der Waals surface area contributed by atoms with E-state index in [1.54, 1.807) is 6.26 Å². The van der Waals surface area contributed by atoms with E-state index in [9.17, 15) is 0 Å². The largest absolute Gasteiger partial charge is 0.468 e. The lowest BCUT2D eigenvalue weighted by atomic mass is 10.2. The molecule has 3 heteroatoms. The summed E-state index contributed by atoms with van der Waals surface area (Å²) >= 11 is 1.83. The van der Waals surface area contributed by atoms with Gasteiger partial charge < -0.3 is 9.73 Å². The molecule has 102 valence electrons. The Bertz CT molecular complexity index is 643. The Labute approximate surface area is 123 Å². The van der Waals surface area contributed by atoms with Gasteiger partial charge in [0, 0.05) is 16.3 Å². The molecule has 3 aromatic rings. The molecule has 0 fully saturated rings. The first-order valence-corrected chi connectivity index (χ1v) is 7.55. The van der Waals surface area contributed by atoms with Crippen LogP contribution in [0.25, 0.3) is 10.4 Å². The molecule has 2 heterocycles. The van der Waals surface area contributed by atoms with E-state index in [0.29, 0.717) is 0 Å². The summed E-state index contributed by atoms with van der Waals surface area (Å²) in [6, 6.07) is 19.0. The van der Waals surface area contributed by atoms with Gasteiger partial charge in [-0.1, -0.05) is 30.3 Å². The molecule has 0 bridgehead atoms. The minimum atomic E-state index is 0.229. The van der Waals surface area contributed by atoms with Gasteiger partial charge in [0.2, 0.25) is 0 Å². The van der Waals surface area contributed by atoms with Gasteiger partial charge in [-0.2, -0.15) is 0 Å². The van der Waals surface area contributed by atoms with E-state index in [4.69, 9.17) is 4.42 Å². The van der Waals surface area contributed by atoms with Gasteiger partial charge in [-0.15, -0.1) is 11.3 Å². The van der Waals surface area contributed by atoms with Crippen LogP contribution < -0.4 is 5.32 Å². The van der Waals surface area contributed by atoms with Gasteiger partial charge >= 0.3 is 0 Å². The van der Waals surface area contributed by atoms with Crippen molar-refractivity contribution in [3.05, 3.63) is 71.5 Å². The van der Waals surface area contributed by atoms with Crippen LogP contribution in [-0.2, 0) is 6.54 Å². The summed E-state index contributed by atoms with van der Waals surface area (Å²) < 4.78 is 5.40. The Morgan fingerprint density at radius 1 is 1.05 bits per heavy atom. The summed E-state index contributed by atoms with van der Waals surface area (Å²) in [5, 5.41) is 3.48. The molecule has 0 amide bonds. The Morgan fingerprint density at radius 2 is 1.90 bits per heavy atom. The van der Waals surface area contributed by atoms with Crippen LogP contribution in [0, 0.1) is 0 Å². The van der Waals surface area contributed by atoms with Crippen molar-refractivity contribution < 1.29 is 4.42 Å². The van der Waals surface area contributed by atoms with Crippen molar-refractivity contribution in [3.8, 4) is 10.4 Å². The maximum Gasteiger partial charge on any atom is 0.120 e. The zero-order chi connectivity index (χ0) is 13.8. The standard InChI is InChI=1S/C17H17NOS/c1-13(16-8-5-11-19-16)18-12-15-9-10-17(20-15)14-6-3-2-4-7-14/h2-11,13,18H,12H2,1H3. The Morgan fingerprint density at radius 3 is 2.65 bits per heavy atom. The first kappa shape index (κ1) is 13.2. The number of rotatable bonds is 5. The minimum Gasteiger partial charge on any atom is -0.468 e. The van der Waals surface area contributed by atoms with Gasteiger partial charge in [-0.25, -0.2) is 0 Å². The van der Waals surface area contributed by atoms with Crippen LogP contribution in [0.2, 0.25) is 0 Å². The van der Waals surface area contributed by atoms with Crippen molar-refractivity contribution >= 4 is 11.3 Å². The van der Waals surface area contributed by atoms with E-state index >= 15 is 0 Å². The predicted molar refractivity (Wildman–Crippen MR) is 83.7 cm³/mol. The highest BCUT2D eigenvalue weighted by atomic mass is 32.1. The molecule has 0 saturated heterocycles. The fourth-order valence-electron chi connectivity index (χ4n) is 2.12. The third kappa shape index (κ3) is 3.00. The number of nitrogens with one attached hydrogen (secondary N) is 1. The van der Waals surface area contributed by atoms with Gasteiger partial charge in [0.1, 0.15) is 5.76 Å². The van der Waals surface area contributed by atoms with Gasteiger partial charge in [-0.05, 0) is 36.8 Å². The molecule has 2 aromatic heterocycles. The molecule has 3 rings (SSSR count). The number of furan rings is 1. The summed E-state index contributed by atoms with van der Waals surface area (Å²) in [5.74, 6) is 0.977. The maximum absolute atomic E-state index is 5.40. The predicted octanol–water partition coefficient (Wildman–Crippen LogP) is 4.86. The normalized spacial score (nSPS) is 12.4. The second kappa shape index (κ2) is 6.07. The SMILES string of the molecule is CC(NCc1ccc(-c2ccccc2)s1)c1ccco1. The smallest absolute Gasteiger partial charge is 0.120 e. The van der Waals surface area contributed by atoms with Crippen molar-refractivity contribution in [2.75, 3.05) is 0 Å². The van der Waals surface area contributed by atoms with E-state index in [0.717, 1.165) is 12.3 Å². The Kier molecular flexibility index (Phi) is 4.00. The average molecular weight is 283 g/mol. The van der Waals surface area contributed by atoms with Crippen LogP contribution in [0.1, 0.15) is 23.6 Å². The molecule has 1 N–H and O–H groups in total. The van der Waals surface area contributed by atoms with Crippen molar-refractivity contribution in [1.82, 2.24) is 5.32 Å². The molecule has 20 heavy (non-hydrogen) atoms. The third-order valence-electron chi connectivity index (χ3n) is 3.27. The number of thiophene rings is 1. The fraction of sp³-hybridized carbons (Fsp3) is 0.176. The summed E-state index contributed by atoms with van der Waals surface area (Å²) in [7, 11) is 0. The highest BCUT2D eigenvalue weighted by molar-refractivity contribution is 7.15. The lowest BCUT2D eigenvalue weighted by Gasteiger charge is -2.09. The van der Waals surface area contributed by atoms with Gasteiger partial charge in [-0.3, -0.25) is 0 Å². The molecule has 1 aromatic carbocycles. The molecule has 0 spiro atoms. The van der Waals surface area contributed by atoms with Gasteiger partial charge in [0.15, 0.2) is 0 Å². The molecule has 2 nitrogen and oxygen atoms in total. The summed E-state index contributed by atoms with van der Waals surface area (Å²) in [6.45, 7) is 2.98. The first-order valence-electron chi connectivity index (χ1n) is 6.74.